The molecule has 0 N–H and O–H groups in total. The minimum Gasteiger partial charge on any atom is -0.492 e. The Bertz CT molecular complexity index is 519. The van der Waals surface area contributed by atoms with Crippen LogP contribution in [0.1, 0.15) is 11.7 Å². The van der Waals surface area contributed by atoms with Crippen LogP contribution in [0.5, 0.6) is 5.75 Å². The zero-order valence-corrected chi connectivity index (χ0v) is 11.1. The van der Waals surface area contributed by atoms with Crippen LogP contribution in [0.25, 0.3) is 0 Å². The lowest BCUT2D eigenvalue weighted by Crippen LogP contribution is -2.20. The van der Waals surface area contributed by atoms with Crippen LogP contribution >= 0.6 is 11.6 Å². The maximum atomic E-state index is 11.7. The van der Waals surface area contributed by atoms with Crippen LogP contribution in [0, 0.1) is 0 Å². The Morgan fingerprint density at radius 1 is 1.32 bits per heavy atom. The Balaban J connectivity index is 2.05. The van der Waals surface area contributed by atoms with E-state index in [1.54, 1.807) is 36.4 Å². The molecular formula is C14H13ClO4. The van der Waals surface area contributed by atoms with E-state index in [1.165, 1.54) is 13.4 Å². The summed E-state index contributed by atoms with van der Waals surface area (Å²) >= 11 is 5.78. The second-order valence-electron chi connectivity index (χ2n) is 3.86. The number of benzene rings is 1. The average Bonchev–Trinajstić information content (AvgIpc) is 2.94. The number of halogens is 1. The van der Waals surface area contributed by atoms with Gasteiger partial charge in [0.15, 0.2) is 0 Å². The van der Waals surface area contributed by atoms with Crippen LogP contribution in [0.2, 0.25) is 5.02 Å². The van der Waals surface area contributed by atoms with Gasteiger partial charge in [-0.1, -0.05) is 11.6 Å². The molecular weight excluding hydrogens is 268 g/mol. The molecule has 0 spiro atoms. The highest BCUT2D eigenvalue weighted by Crippen LogP contribution is 2.21. The van der Waals surface area contributed by atoms with Gasteiger partial charge in [0.05, 0.1) is 13.4 Å². The Morgan fingerprint density at radius 2 is 2.05 bits per heavy atom. The quantitative estimate of drug-likeness (QED) is 0.789. The molecule has 1 heterocycles. The van der Waals surface area contributed by atoms with Crippen molar-refractivity contribution in [3.63, 3.8) is 0 Å². The predicted molar refractivity (Wildman–Crippen MR) is 70.4 cm³/mol. The van der Waals surface area contributed by atoms with Gasteiger partial charge in [0, 0.05) is 5.02 Å². The molecule has 0 saturated heterocycles. The van der Waals surface area contributed by atoms with Gasteiger partial charge < -0.3 is 13.9 Å². The monoisotopic (exact) mass is 280 g/mol. The Hall–Kier alpha value is -1.94. The number of rotatable bonds is 5. The Kier molecular flexibility index (Phi) is 4.47. The van der Waals surface area contributed by atoms with Crippen LogP contribution in [0.3, 0.4) is 0 Å². The molecule has 1 aromatic heterocycles. The number of esters is 1. The maximum Gasteiger partial charge on any atom is 0.319 e. The maximum absolute atomic E-state index is 11.7. The van der Waals surface area contributed by atoms with Crippen molar-refractivity contribution in [3.8, 4) is 5.75 Å². The van der Waals surface area contributed by atoms with E-state index in [0.717, 1.165) is 0 Å². The number of methoxy groups -OCH3 is 1. The largest absolute Gasteiger partial charge is 0.492 e. The summed E-state index contributed by atoms with van der Waals surface area (Å²) in [6.45, 7) is 0.141. The van der Waals surface area contributed by atoms with Crippen molar-refractivity contribution in [2.24, 2.45) is 0 Å². The smallest absolute Gasteiger partial charge is 0.319 e. The third-order valence-electron chi connectivity index (χ3n) is 2.60. The lowest BCUT2D eigenvalue weighted by Gasteiger charge is -2.13. The highest BCUT2D eigenvalue weighted by atomic mass is 35.5. The van der Waals surface area contributed by atoms with E-state index in [0.29, 0.717) is 16.5 Å². The molecule has 1 atom stereocenters. The highest BCUT2D eigenvalue weighted by molar-refractivity contribution is 6.30. The standard InChI is InChI=1S/C14H13ClO4/c1-17-14(16)12(13-3-2-8-18-13)9-19-11-6-4-10(15)5-7-11/h2-8,12H,9H2,1H3. The first-order valence-electron chi connectivity index (χ1n) is 5.70. The molecule has 1 aromatic carbocycles. The van der Waals surface area contributed by atoms with E-state index in [2.05, 4.69) is 0 Å². The molecule has 100 valence electrons. The molecule has 0 amide bonds. The zero-order chi connectivity index (χ0) is 13.7. The van der Waals surface area contributed by atoms with E-state index in [4.69, 9.17) is 25.5 Å². The fourth-order valence-electron chi connectivity index (χ4n) is 1.61. The van der Waals surface area contributed by atoms with Crippen molar-refractivity contribution in [2.45, 2.75) is 5.92 Å². The first-order chi connectivity index (χ1) is 9.20. The minimum atomic E-state index is -0.587. The van der Waals surface area contributed by atoms with Gasteiger partial charge in [-0.15, -0.1) is 0 Å². The summed E-state index contributed by atoms with van der Waals surface area (Å²) in [5, 5.41) is 0.628. The SMILES string of the molecule is COC(=O)C(COc1ccc(Cl)cc1)c1ccco1. The molecule has 2 rings (SSSR count). The Labute approximate surface area is 115 Å². The molecule has 2 aromatic rings. The topological polar surface area (TPSA) is 48.7 Å². The third kappa shape index (κ3) is 3.51. The van der Waals surface area contributed by atoms with Crippen LogP contribution in [0.4, 0.5) is 0 Å². The van der Waals surface area contributed by atoms with E-state index in [-0.39, 0.29) is 6.61 Å². The number of hydrogen-bond donors (Lipinski definition) is 0. The molecule has 0 radical (unpaired) electrons. The van der Waals surface area contributed by atoms with Crippen molar-refractivity contribution >= 4 is 17.6 Å². The first-order valence-corrected chi connectivity index (χ1v) is 6.08. The molecule has 5 heteroatoms. The van der Waals surface area contributed by atoms with Crippen LogP contribution < -0.4 is 4.74 Å². The molecule has 0 fully saturated rings. The molecule has 0 aliphatic rings. The second-order valence-corrected chi connectivity index (χ2v) is 4.29. The average molecular weight is 281 g/mol. The van der Waals surface area contributed by atoms with E-state index >= 15 is 0 Å². The number of carbonyl (C=O) groups is 1. The lowest BCUT2D eigenvalue weighted by atomic mass is 10.1. The molecule has 0 aliphatic heterocycles. The minimum absolute atomic E-state index is 0.141. The van der Waals surface area contributed by atoms with Crippen molar-refractivity contribution in [3.05, 3.63) is 53.4 Å². The summed E-state index contributed by atoms with van der Waals surface area (Å²) in [6, 6.07) is 10.3. The van der Waals surface area contributed by atoms with E-state index < -0.39 is 11.9 Å². The summed E-state index contributed by atoms with van der Waals surface area (Å²) in [4.78, 5) is 11.7. The second kappa shape index (κ2) is 6.29. The molecule has 1 unspecified atom stereocenters. The summed E-state index contributed by atoms with van der Waals surface area (Å²) in [5.41, 5.74) is 0. The molecule has 4 nitrogen and oxygen atoms in total. The van der Waals surface area contributed by atoms with Crippen molar-refractivity contribution < 1.29 is 18.7 Å². The van der Waals surface area contributed by atoms with Gasteiger partial charge in [-0.2, -0.15) is 0 Å². The molecule has 0 saturated carbocycles. The van der Waals surface area contributed by atoms with E-state index in [9.17, 15) is 4.79 Å². The number of ether oxygens (including phenoxy) is 2. The van der Waals surface area contributed by atoms with Crippen molar-refractivity contribution in [1.29, 1.82) is 0 Å². The third-order valence-corrected chi connectivity index (χ3v) is 2.85. The van der Waals surface area contributed by atoms with Gasteiger partial charge in [0.1, 0.15) is 24.0 Å². The summed E-state index contributed by atoms with van der Waals surface area (Å²) < 4.78 is 15.5. The fraction of sp³-hybridized carbons (Fsp3) is 0.214. The predicted octanol–water partition coefficient (Wildman–Crippen LogP) is 3.27. The van der Waals surface area contributed by atoms with Crippen LogP contribution in [0.15, 0.2) is 47.1 Å². The lowest BCUT2D eigenvalue weighted by molar-refractivity contribution is -0.143. The van der Waals surface area contributed by atoms with Gasteiger partial charge >= 0.3 is 5.97 Å². The van der Waals surface area contributed by atoms with E-state index in [1.807, 2.05) is 0 Å². The van der Waals surface area contributed by atoms with Gasteiger partial charge in [-0.05, 0) is 36.4 Å². The molecule has 0 aliphatic carbocycles. The van der Waals surface area contributed by atoms with Crippen LogP contribution in [-0.4, -0.2) is 19.7 Å². The van der Waals surface area contributed by atoms with Crippen molar-refractivity contribution in [1.82, 2.24) is 0 Å². The first kappa shape index (κ1) is 13.5. The van der Waals surface area contributed by atoms with Gasteiger partial charge in [-0.3, -0.25) is 4.79 Å². The Morgan fingerprint density at radius 3 is 2.63 bits per heavy atom. The van der Waals surface area contributed by atoms with Crippen LogP contribution in [-0.2, 0) is 9.53 Å². The molecule has 19 heavy (non-hydrogen) atoms. The van der Waals surface area contributed by atoms with Gasteiger partial charge in [0.2, 0.25) is 0 Å². The normalized spacial score (nSPS) is 11.9. The van der Waals surface area contributed by atoms with Gasteiger partial charge in [0.25, 0.3) is 0 Å². The highest BCUT2D eigenvalue weighted by Gasteiger charge is 2.25. The fourth-order valence-corrected chi connectivity index (χ4v) is 1.73. The zero-order valence-electron chi connectivity index (χ0n) is 10.3. The van der Waals surface area contributed by atoms with Crippen molar-refractivity contribution in [2.75, 3.05) is 13.7 Å². The number of carbonyl (C=O) groups excluding carboxylic acids is 1. The molecule has 0 bridgehead atoms. The summed E-state index contributed by atoms with van der Waals surface area (Å²) in [5.74, 6) is 0.158. The number of furan rings is 1. The van der Waals surface area contributed by atoms with Gasteiger partial charge in [-0.25, -0.2) is 0 Å². The summed E-state index contributed by atoms with van der Waals surface area (Å²) in [6.07, 6.45) is 1.51. The summed E-state index contributed by atoms with van der Waals surface area (Å²) in [7, 11) is 1.33. The number of hydrogen-bond acceptors (Lipinski definition) is 4.